The Balaban J connectivity index is 1.69. The largest absolute Gasteiger partial charge is 0.497 e. The number of benzene rings is 1. The van der Waals surface area contributed by atoms with Gasteiger partial charge in [-0.05, 0) is 35.9 Å². The van der Waals surface area contributed by atoms with Gasteiger partial charge in [0.2, 0.25) is 5.82 Å². The van der Waals surface area contributed by atoms with Crippen LogP contribution in [0.1, 0.15) is 0 Å². The first-order valence-electron chi connectivity index (χ1n) is 7.68. The van der Waals surface area contributed by atoms with E-state index in [1.807, 2.05) is 48.5 Å². The highest BCUT2D eigenvalue weighted by atomic mass is 16.5. The van der Waals surface area contributed by atoms with E-state index in [0.29, 0.717) is 17.4 Å². The average Bonchev–Trinajstić information content (AvgIpc) is 3.19. The molecule has 0 aliphatic carbocycles. The van der Waals surface area contributed by atoms with E-state index in [1.165, 1.54) is 0 Å². The van der Waals surface area contributed by atoms with Crippen molar-refractivity contribution < 1.29 is 9.26 Å². The molecule has 0 saturated heterocycles. The van der Waals surface area contributed by atoms with Gasteiger partial charge in [-0.2, -0.15) is 4.98 Å². The summed E-state index contributed by atoms with van der Waals surface area (Å²) in [5, 5.41) is 4.00. The smallest absolute Gasteiger partial charge is 0.259 e. The van der Waals surface area contributed by atoms with Crippen LogP contribution in [0.4, 0.5) is 0 Å². The molecule has 0 spiro atoms. The van der Waals surface area contributed by atoms with E-state index in [0.717, 1.165) is 22.4 Å². The third-order valence-electron chi connectivity index (χ3n) is 3.71. The van der Waals surface area contributed by atoms with E-state index in [1.54, 1.807) is 25.7 Å². The lowest BCUT2D eigenvalue weighted by atomic mass is 10.1. The fraction of sp³-hybridized carbons (Fsp3) is 0.0526. The topological polar surface area (TPSA) is 73.9 Å². The molecule has 0 saturated carbocycles. The van der Waals surface area contributed by atoms with E-state index in [2.05, 4.69) is 20.1 Å². The monoisotopic (exact) mass is 330 g/mol. The number of methoxy groups -OCH3 is 1. The molecule has 0 N–H and O–H groups in total. The van der Waals surface area contributed by atoms with Gasteiger partial charge in [-0.1, -0.05) is 23.4 Å². The van der Waals surface area contributed by atoms with Gasteiger partial charge in [-0.3, -0.25) is 9.97 Å². The van der Waals surface area contributed by atoms with Crippen molar-refractivity contribution in [1.29, 1.82) is 0 Å². The summed E-state index contributed by atoms with van der Waals surface area (Å²) in [4.78, 5) is 12.9. The molecule has 0 bridgehead atoms. The molecule has 25 heavy (non-hydrogen) atoms. The first kappa shape index (κ1) is 15.0. The van der Waals surface area contributed by atoms with Crippen molar-refractivity contribution in [2.45, 2.75) is 0 Å². The zero-order chi connectivity index (χ0) is 17.1. The van der Waals surface area contributed by atoms with E-state index in [9.17, 15) is 0 Å². The number of hydrogen-bond donors (Lipinski definition) is 0. The number of rotatable bonds is 4. The molecule has 6 heteroatoms. The predicted molar refractivity (Wildman–Crippen MR) is 92.7 cm³/mol. The summed E-state index contributed by atoms with van der Waals surface area (Å²) < 4.78 is 10.7. The van der Waals surface area contributed by atoms with E-state index >= 15 is 0 Å². The molecule has 4 aromatic rings. The normalized spacial score (nSPS) is 10.6. The Bertz CT molecular complexity index is 999. The zero-order valence-corrected chi connectivity index (χ0v) is 13.5. The molecule has 122 valence electrons. The van der Waals surface area contributed by atoms with Crippen LogP contribution in [0, 0.1) is 0 Å². The van der Waals surface area contributed by atoms with Gasteiger partial charge in [0, 0.05) is 24.2 Å². The van der Waals surface area contributed by atoms with E-state index in [-0.39, 0.29) is 0 Å². The SMILES string of the molecule is COc1cccc(-c2cncc(-c3nc(-c4ccccn4)no3)c2)c1. The minimum absolute atomic E-state index is 0.401. The van der Waals surface area contributed by atoms with Crippen molar-refractivity contribution in [2.75, 3.05) is 7.11 Å². The minimum Gasteiger partial charge on any atom is -0.497 e. The number of nitrogens with zero attached hydrogens (tertiary/aromatic N) is 4. The highest BCUT2D eigenvalue weighted by Crippen LogP contribution is 2.27. The maximum Gasteiger partial charge on any atom is 0.259 e. The highest BCUT2D eigenvalue weighted by Gasteiger charge is 2.12. The van der Waals surface area contributed by atoms with Crippen LogP contribution in [0.15, 0.2) is 71.6 Å². The second kappa shape index (κ2) is 6.52. The van der Waals surface area contributed by atoms with Crippen molar-refractivity contribution in [3.05, 3.63) is 67.1 Å². The molecule has 0 unspecified atom stereocenters. The second-order valence-electron chi connectivity index (χ2n) is 5.33. The Morgan fingerprint density at radius 2 is 1.84 bits per heavy atom. The number of hydrogen-bond acceptors (Lipinski definition) is 6. The first-order chi connectivity index (χ1) is 12.3. The van der Waals surface area contributed by atoms with Gasteiger partial charge in [0.05, 0.1) is 12.7 Å². The Kier molecular flexibility index (Phi) is 3.92. The van der Waals surface area contributed by atoms with Crippen LogP contribution in [-0.4, -0.2) is 27.2 Å². The summed E-state index contributed by atoms with van der Waals surface area (Å²) in [6.45, 7) is 0. The van der Waals surface area contributed by atoms with Crippen molar-refractivity contribution in [1.82, 2.24) is 20.1 Å². The molecule has 3 heterocycles. The summed E-state index contributed by atoms with van der Waals surface area (Å²) in [6, 6.07) is 15.3. The molecule has 3 aromatic heterocycles. The maximum atomic E-state index is 5.38. The molecular formula is C19H14N4O2. The molecule has 4 rings (SSSR count). The quantitative estimate of drug-likeness (QED) is 0.565. The summed E-state index contributed by atoms with van der Waals surface area (Å²) in [5.41, 5.74) is 3.34. The number of aromatic nitrogens is 4. The molecule has 0 amide bonds. The zero-order valence-electron chi connectivity index (χ0n) is 13.5. The molecule has 0 radical (unpaired) electrons. The summed E-state index contributed by atoms with van der Waals surface area (Å²) in [6.07, 6.45) is 5.17. The average molecular weight is 330 g/mol. The Hall–Kier alpha value is -3.54. The van der Waals surface area contributed by atoms with Gasteiger partial charge in [-0.15, -0.1) is 0 Å². The van der Waals surface area contributed by atoms with Crippen LogP contribution >= 0.6 is 0 Å². The molecule has 0 aliphatic heterocycles. The van der Waals surface area contributed by atoms with Crippen LogP contribution in [0.25, 0.3) is 34.1 Å². The summed E-state index contributed by atoms with van der Waals surface area (Å²) in [5.74, 6) is 1.64. The predicted octanol–water partition coefficient (Wildman–Crippen LogP) is 3.87. The van der Waals surface area contributed by atoms with Gasteiger partial charge < -0.3 is 9.26 Å². The Labute approximate surface area is 144 Å². The van der Waals surface area contributed by atoms with Gasteiger partial charge in [0.1, 0.15) is 11.4 Å². The lowest BCUT2D eigenvalue weighted by Gasteiger charge is -2.05. The second-order valence-corrected chi connectivity index (χ2v) is 5.33. The third kappa shape index (κ3) is 3.10. The molecule has 0 aliphatic rings. The van der Waals surface area contributed by atoms with E-state index in [4.69, 9.17) is 9.26 Å². The first-order valence-corrected chi connectivity index (χ1v) is 7.68. The molecule has 0 fully saturated rings. The summed E-state index contributed by atoms with van der Waals surface area (Å²) >= 11 is 0. The third-order valence-corrected chi connectivity index (χ3v) is 3.71. The van der Waals surface area contributed by atoms with Gasteiger partial charge >= 0.3 is 0 Å². The van der Waals surface area contributed by atoms with Crippen molar-refractivity contribution >= 4 is 0 Å². The van der Waals surface area contributed by atoms with Gasteiger partial charge in [0.15, 0.2) is 0 Å². The van der Waals surface area contributed by atoms with Gasteiger partial charge in [-0.25, -0.2) is 0 Å². The van der Waals surface area contributed by atoms with Crippen LogP contribution in [0.3, 0.4) is 0 Å². The van der Waals surface area contributed by atoms with E-state index < -0.39 is 0 Å². The van der Waals surface area contributed by atoms with Crippen LogP contribution in [0.5, 0.6) is 5.75 Å². The van der Waals surface area contributed by atoms with Crippen LogP contribution in [-0.2, 0) is 0 Å². The highest BCUT2D eigenvalue weighted by molar-refractivity contribution is 5.69. The maximum absolute atomic E-state index is 5.38. The number of pyridine rings is 2. The Morgan fingerprint density at radius 3 is 2.68 bits per heavy atom. The molecule has 6 nitrogen and oxygen atoms in total. The lowest BCUT2D eigenvalue weighted by molar-refractivity contribution is 0.415. The molecular weight excluding hydrogens is 316 g/mol. The Morgan fingerprint density at radius 1 is 0.920 bits per heavy atom. The standard InChI is InChI=1S/C19H14N4O2/c1-24-16-6-4-5-13(10-16)14-9-15(12-20-11-14)19-22-18(23-25-19)17-7-2-3-8-21-17/h2-12H,1H3. The van der Waals surface area contributed by atoms with Crippen LogP contribution in [0.2, 0.25) is 0 Å². The van der Waals surface area contributed by atoms with Crippen molar-refractivity contribution in [2.24, 2.45) is 0 Å². The minimum atomic E-state index is 0.401. The fourth-order valence-corrected chi connectivity index (χ4v) is 2.46. The van der Waals surface area contributed by atoms with Gasteiger partial charge in [0.25, 0.3) is 5.89 Å². The number of ether oxygens (including phenoxy) is 1. The van der Waals surface area contributed by atoms with Crippen LogP contribution < -0.4 is 4.74 Å². The lowest BCUT2D eigenvalue weighted by Crippen LogP contribution is -1.87. The fourth-order valence-electron chi connectivity index (χ4n) is 2.46. The molecule has 0 atom stereocenters. The molecule has 1 aromatic carbocycles. The van der Waals surface area contributed by atoms with Crippen molar-refractivity contribution in [3.63, 3.8) is 0 Å². The van der Waals surface area contributed by atoms with Crippen molar-refractivity contribution in [3.8, 4) is 39.8 Å². The summed E-state index contributed by atoms with van der Waals surface area (Å²) in [7, 11) is 1.64.